The molecule has 8 heteroatoms. The number of hydrogen-bond acceptors (Lipinski definition) is 4. The second kappa shape index (κ2) is 8.71. The van der Waals surface area contributed by atoms with E-state index in [1.54, 1.807) is 25.2 Å². The molecule has 0 aliphatic carbocycles. The van der Waals surface area contributed by atoms with Crippen LogP contribution < -0.4 is 14.2 Å². The normalized spacial score (nSPS) is 10.6. The van der Waals surface area contributed by atoms with Crippen molar-refractivity contribution in [2.45, 2.75) is 13.2 Å². The molecule has 2 aromatic rings. The van der Waals surface area contributed by atoms with Crippen LogP contribution in [-0.4, -0.2) is 38.7 Å². The highest BCUT2D eigenvalue weighted by Gasteiger charge is 2.18. The number of benzene rings is 2. The first-order valence-electron chi connectivity index (χ1n) is 7.56. The van der Waals surface area contributed by atoms with E-state index in [1.165, 1.54) is 37.3 Å². The van der Waals surface area contributed by atoms with E-state index in [-0.39, 0.29) is 29.5 Å². The van der Waals surface area contributed by atoms with Gasteiger partial charge in [0.25, 0.3) is 5.91 Å². The van der Waals surface area contributed by atoms with E-state index in [4.69, 9.17) is 21.1 Å². The van der Waals surface area contributed by atoms with Gasteiger partial charge in [0.2, 0.25) is 0 Å². The van der Waals surface area contributed by atoms with Crippen molar-refractivity contribution in [3.63, 3.8) is 0 Å². The van der Waals surface area contributed by atoms with Gasteiger partial charge in [-0.1, -0.05) is 11.6 Å². The summed E-state index contributed by atoms with van der Waals surface area (Å²) in [5.41, 5.74) is 1.01. The molecule has 0 aromatic heterocycles. The standard InChI is InChI=1S/C18H18ClF2NO4/c1-22(10-12-8-13(19)5-7-14(12)24-2)17(23)11-4-6-15(26-18(20)21)16(9-11)25-3/h4-9,18H,10H2,1-3H3. The van der Waals surface area contributed by atoms with Crippen molar-refractivity contribution in [1.82, 2.24) is 4.90 Å². The van der Waals surface area contributed by atoms with Crippen LogP contribution in [0.5, 0.6) is 17.2 Å². The highest BCUT2D eigenvalue weighted by Crippen LogP contribution is 2.30. The molecule has 0 aliphatic heterocycles. The number of halogens is 3. The van der Waals surface area contributed by atoms with Crippen molar-refractivity contribution in [2.75, 3.05) is 21.3 Å². The minimum atomic E-state index is -2.98. The molecule has 0 spiro atoms. The van der Waals surface area contributed by atoms with Crippen LogP contribution in [0, 0.1) is 0 Å². The zero-order valence-corrected chi connectivity index (χ0v) is 15.2. The maximum absolute atomic E-state index is 12.6. The average molecular weight is 386 g/mol. The number of rotatable bonds is 7. The highest BCUT2D eigenvalue weighted by atomic mass is 35.5. The lowest BCUT2D eigenvalue weighted by atomic mass is 10.1. The maximum Gasteiger partial charge on any atom is 0.387 e. The van der Waals surface area contributed by atoms with E-state index >= 15 is 0 Å². The van der Waals surface area contributed by atoms with Crippen LogP contribution in [0.3, 0.4) is 0 Å². The third-order valence-corrected chi connectivity index (χ3v) is 3.86. The number of alkyl halides is 2. The summed E-state index contributed by atoms with van der Waals surface area (Å²) >= 11 is 6.00. The molecule has 0 radical (unpaired) electrons. The molecule has 0 N–H and O–H groups in total. The lowest BCUT2D eigenvalue weighted by molar-refractivity contribution is -0.0512. The Morgan fingerprint density at radius 3 is 2.35 bits per heavy atom. The maximum atomic E-state index is 12.6. The summed E-state index contributed by atoms with van der Waals surface area (Å²) in [7, 11) is 4.45. The Bertz CT molecular complexity index is 786. The van der Waals surface area contributed by atoms with Gasteiger partial charge < -0.3 is 19.1 Å². The average Bonchev–Trinajstić information content (AvgIpc) is 2.61. The fraction of sp³-hybridized carbons (Fsp3) is 0.278. The number of hydrogen-bond donors (Lipinski definition) is 0. The van der Waals surface area contributed by atoms with E-state index < -0.39 is 6.61 Å². The molecular weight excluding hydrogens is 368 g/mol. The Labute approximate surface area is 155 Å². The molecule has 0 aliphatic rings. The predicted octanol–water partition coefficient (Wildman–Crippen LogP) is 4.23. The molecule has 0 bridgehead atoms. The van der Waals surface area contributed by atoms with Gasteiger partial charge >= 0.3 is 6.61 Å². The number of methoxy groups -OCH3 is 2. The minimum absolute atomic E-state index is 0.0462. The van der Waals surface area contributed by atoms with E-state index in [0.29, 0.717) is 10.8 Å². The van der Waals surface area contributed by atoms with Gasteiger partial charge in [-0.25, -0.2) is 0 Å². The summed E-state index contributed by atoms with van der Waals surface area (Å²) in [5.74, 6) is 0.185. The molecule has 26 heavy (non-hydrogen) atoms. The molecule has 140 valence electrons. The second-order valence-electron chi connectivity index (χ2n) is 5.36. The molecule has 0 saturated heterocycles. The van der Waals surface area contributed by atoms with Crippen LogP contribution in [-0.2, 0) is 6.54 Å². The van der Waals surface area contributed by atoms with Crippen molar-refractivity contribution >= 4 is 17.5 Å². The second-order valence-corrected chi connectivity index (χ2v) is 5.80. The lowest BCUT2D eigenvalue weighted by Crippen LogP contribution is -2.26. The van der Waals surface area contributed by atoms with Crippen LogP contribution >= 0.6 is 11.6 Å². The third kappa shape index (κ3) is 4.76. The SMILES string of the molecule is COc1ccc(Cl)cc1CN(C)C(=O)c1ccc(OC(F)F)c(OC)c1. The summed E-state index contributed by atoms with van der Waals surface area (Å²) in [6.07, 6.45) is 0. The Morgan fingerprint density at radius 2 is 1.73 bits per heavy atom. The van der Waals surface area contributed by atoms with Gasteiger partial charge in [-0.15, -0.1) is 0 Å². The summed E-state index contributed by atoms with van der Waals surface area (Å²) in [4.78, 5) is 14.1. The number of nitrogens with zero attached hydrogens (tertiary/aromatic N) is 1. The molecular formula is C18H18ClF2NO4. The summed E-state index contributed by atoms with van der Waals surface area (Å²) in [5, 5.41) is 0.525. The molecule has 2 rings (SSSR count). The van der Waals surface area contributed by atoms with Gasteiger partial charge in [0, 0.05) is 29.7 Å². The zero-order chi connectivity index (χ0) is 19.3. The largest absolute Gasteiger partial charge is 0.496 e. The van der Waals surface area contributed by atoms with Crippen molar-refractivity contribution in [3.8, 4) is 17.2 Å². The zero-order valence-electron chi connectivity index (χ0n) is 14.5. The quantitative estimate of drug-likeness (QED) is 0.715. The summed E-state index contributed by atoms with van der Waals surface area (Å²) in [6.45, 7) is -2.73. The van der Waals surface area contributed by atoms with Crippen LogP contribution in [0.2, 0.25) is 5.02 Å². The monoisotopic (exact) mass is 385 g/mol. The van der Waals surface area contributed by atoms with Crippen molar-refractivity contribution in [1.29, 1.82) is 0 Å². The predicted molar refractivity (Wildman–Crippen MR) is 93.4 cm³/mol. The summed E-state index contributed by atoms with van der Waals surface area (Å²) in [6, 6.07) is 9.14. The first-order chi connectivity index (χ1) is 12.3. The molecule has 0 heterocycles. The topological polar surface area (TPSA) is 48.0 Å². The number of ether oxygens (including phenoxy) is 3. The van der Waals surface area contributed by atoms with Gasteiger partial charge in [0.1, 0.15) is 5.75 Å². The van der Waals surface area contributed by atoms with Gasteiger partial charge in [-0.3, -0.25) is 4.79 Å². The highest BCUT2D eigenvalue weighted by molar-refractivity contribution is 6.30. The fourth-order valence-electron chi connectivity index (χ4n) is 2.41. The Hall–Kier alpha value is -2.54. The number of carbonyl (C=O) groups is 1. The first kappa shape index (κ1) is 19.8. The van der Waals surface area contributed by atoms with Crippen LogP contribution in [0.15, 0.2) is 36.4 Å². The van der Waals surface area contributed by atoms with E-state index in [1.807, 2.05) is 0 Å². The Balaban J connectivity index is 2.21. The van der Waals surface area contributed by atoms with Gasteiger partial charge in [0.05, 0.1) is 14.2 Å². The Kier molecular flexibility index (Phi) is 6.63. The molecule has 5 nitrogen and oxygen atoms in total. The van der Waals surface area contributed by atoms with E-state index in [9.17, 15) is 13.6 Å². The first-order valence-corrected chi connectivity index (χ1v) is 7.94. The third-order valence-electron chi connectivity index (χ3n) is 3.62. The lowest BCUT2D eigenvalue weighted by Gasteiger charge is -2.20. The van der Waals surface area contributed by atoms with Crippen LogP contribution in [0.1, 0.15) is 15.9 Å². The van der Waals surface area contributed by atoms with Gasteiger partial charge in [-0.05, 0) is 36.4 Å². The van der Waals surface area contributed by atoms with Gasteiger partial charge in [0.15, 0.2) is 11.5 Å². The molecule has 0 fully saturated rings. The van der Waals surface area contributed by atoms with Crippen molar-refractivity contribution in [2.24, 2.45) is 0 Å². The minimum Gasteiger partial charge on any atom is -0.496 e. The van der Waals surface area contributed by atoms with Crippen molar-refractivity contribution in [3.05, 3.63) is 52.5 Å². The Morgan fingerprint density at radius 1 is 1.08 bits per heavy atom. The molecule has 1 amide bonds. The van der Waals surface area contributed by atoms with E-state index in [0.717, 1.165) is 5.56 Å². The van der Waals surface area contributed by atoms with Crippen LogP contribution in [0.4, 0.5) is 8.78 Å². The molecule has 2 aromatic carbocycles. The molecule has 0 unspecified atom stereocenters. The number of carbonyl (C=O) groups excluding carboxylic acids is 1. The smallest absolute Gasteiger partial charge is 0.387 e. The molecule has 0 saturated carbocycles. The van der Waals surface area contributed by atoms with Crippen LogP contribution in [0.25, 0.3) is 0 Å². The van der Waals surface area contributed by atoms with E-state index in [2.05, 4.69) is 4.74 Å². The number of amides is 1. The van der Waals surface area contributed by atoms with Crippen molar-refractivity contribution < 1.29 is 27.8 Å². The van der Waals surface area contributed by atoms with Gasteiger partial charge in [-0.2, -0.15) is 8.78 Å². The molecule has 0 atom stereocenters. The summed E-state index contributed by atoms with van der Waals surface area (Å²) < 4.78 is 39.4. The fourth-order valence-corrected chi connectivity index (χ4v) is 2.61.